The minimum atomic E-state index is -4.23. The molecule has 3 aromatic heterocycles. The maximum absolute atomic E-state index is 14.0. The largest absolute Gasteiger partial charge is 0.467 e. The Balaban J connectivity index is 1.42. The number of rotatable bonds is 10. The topological polar surface area (TPSA) is 143 Å². The van der Waals surface area contributed by atoms with E-state index in [-0.39, 0.29) is 42.2 Å². The second-order valence-corrected chi connectivity index (χ2v) is 11.9. The SMILES string of the molecule is CCCCCc1ccc(C(=O)N2CCN(S(=O)(=O)c3cccc4cccnc34)C(C(=O)NCc3ccco3)C2)c(=O)o1. The van der Waals surface area contributed by atoms with Crippen LogP contribution >= 0.6 is 0 Å². The van der Waals surface area contributed by atoms with Crippen molar-refractivity contribution >= 4 is 32.7 Å². The maximum Gasteiger partial charge on any atom is 0.348 e. The van der Waals surface area contributed by atoms with Gasteiger partial charge >= 0.3 is 5.63 Å². The molecule has 4 heterocycles. The van der Waals surface area contributed by atoms with E-state index in [4.69, 9.17) is 8.83 Å². The van der Waals surface area contributed by atoms with Gasteiger partial charge in [0.25, 0.3) is 5.91 Å². The quantitative estimate of drug-likeness (QED) is 0.276. The zero-order valence-electron chi connectivity index (χ0n) is 23.2. The van der Waals surface area contributed by atoms with Gasteiger partial charge in [-0.2, -0.15) is 4.31 Å². The number of unbranched alkanes of at least 4 members (excludes halogenated alkanes) is 2. The van der Waals surface area contributed by atoms with Gasteiger partial charge in [-0.25, -0.2) is 13.2 Å². The molecule has 2 amide bonds. The fourth-order valence-corrected chi connectivity index (χ4v) is 6.77. The number of carbonyl (C=O) groups excluding carboxylic acids is 2. The molecular weight excluding hydrogens is 560 g/mol. The standard InChI is InChI=1S/C30H32N4O7S/c1-2-3-4-10-22-13-14-24(30(37)41-22)29(36)33-16-17-34(25(20-33)28(35)32-19-23-11-7-18-40-23)42(38,39)26-12-5-8-21-9-6-15-31-27(21)26/h5-9,11-15,18,25H,2-4,10,16-17,19-20H2,1H3,(H,32,35). The fraction of sp³-hybridized carbons (Fsp3) is 0.333. The summed E-state index contributed by atoms with van der Waals surface area (Å²) in [6.07, 6.45) is 6.45. The molecule has 1 aliphatic heterocycles. The van der Waals surface area contributed by atoms with Gasteiger partial charge in [0, 0.05) is 37.6 Å². The summed E-state index contributed by atoms with van der Waals surface area (Å²) in [5, 5.41) is 3.35. The Morgan fingerprint density at radius 3 is 2.62 bits per heavy atom. The number of para-hydroxylation sites is 1. The van der Waals surface area contributed by atoms with Gasteiger partial charge in [0.1, 0.15) is 28.0 Å². The number of amides is 2. The van der Waals surface area contributed by atoms with Crippen LogP contribution in [0.4, 0.5) is 0 Å². The van der Waals surface area contributed by atoms with Crippen LogP contribution < -0.4 is 10.9 Å². The van der Waals surface area contributed by atoms with Crippen molar-refractivity contribution in [3.05, 3.63) is 94.6 Å². The average Bonchev–Trinajstić information content (AvgIpc) is 3.53. The first kappa shape index (κ1) is 29.2. The number of hydrogen-bond acceptors (Lipinski definition) is 8. The van der Waals surface area contributed by atoms with E-state index in [9.17, 15) is 22.8 Å². The summed E-state index contributed by atoms with van der Waals surface area (Å²) < 4.78 is 39.8. The maximum atomic E-state index is 14.0. The van der Waals surface area contributed by atoms with E-state index in [0.717, 1.165) is 23.6 Å². The number of benzene rings is 1. The third kappa shape index (κ3) is 6.14. The van der Waals surface area contributed by atoms with E-state index >= 15 is 0 Å². The van der Waals surface area contributed by atoms with Gasteiger partial charge in [-0.05, 0) is 42.8 Å². The highest BCUT2D eigenvalue weighted by molar-refractivity contribution is 7.89. The smallest absolute Gasteiger partial charge is 0.348 e. The van der Waals surface area contributed by atoms with E-state index in [1.807, 2.05) is 0 Å². The lowest BCUT2D eigenvalue weighted by Crippen LogP contribution is -2.61. The van der Waals surface area contributed by atoms with Gasteiger partial charge in [0.05, 0.1) is 18.3 Å². The minimum absolute atomic E-state index is 0.0308. The number of piperazine rings is 1. The third-order valence-electron chi connectivity index (χ3n) is 7.26. The molecule has 1 unspecified atom stereocenters. The van der Waals surface area contributed by atoms with Gasteiger partial charge in [0.15, 0.2) is 0 Å². The Hall–Kier alpha value is -4.29. The number of sulfonamides is 1. The fourth-order valence-electron chi connectivity index (χ4n) is 5.03. The lowest BCUT2D eigenvalue weighted by atomic mass is 10.1. The molecule has 1 atom stereocenters. The molecule has 220 valence electrons. The number of carbonyl (C=O) groups is 2. The van der Waals surface area contributed by atoms with Gasteiger partial charge in [-0.3, -0.25) is 14.6 Å². The molecule has 5 rings (SSSR count). The summed E-state index contributed by atoms with van der Waals surface area (Å²) in [7, 11) is -4.23. The van der Waals surface area contributed by atoms with Crippen LogP contribution in [0.5, 0.6) is 0 Å². The highest BCUT2D eigenvalue weighted by Crippen LogP contribution is 2.27. The predicted octanol–water partition coefficient (Wildman–Crippen LogP) is 3.35. The summed E-state index contributed by atoms with van der Waals surface area (Å²) in [5.74, 6) is -0.258. The van der Waals surface area contributed by atoms with Crippen molar-refractivity contribution in [2.75, 3.05) is 19.6 Å². The van der Waals surface area contributed by atoms with E-state index in [1.54, 1.807) is 42.5 Å². The van der Waals surface area contributed by atoms with Crippen molar-refractivity contribution < 1.29 is 26.8 Å². The van der Waals surface area contributed by atoms with Gasteiger partial charge in [0.2, 0.25) is 15.9 Å². The molecule has 0 radical (unpaired) electrons. The van der Waals surface area contributed by atoms with Gasteiger partial charge < -0.3 is 19.1 Å². The molecule has 11 nitrogen and oxygen atoms in total. The first-order chi connectivity index (χ1) is 20.3. The normalized spacial score (nSPS) is 16.0. The second kappa shape index (κ2) is 12.7. The Bertz CT molecular complexity index is 1730. The second-order valence-electron chi connectivity index (χ2n) is 10.1. The predicted molar refractivity (Wildman–Crippen MR) is 154 cm³/mol. The number of nitrogens with one attached hydrogen (secondary N) is 1. The van der Waals surface area contributed by atoms with Crippen LogP contribution in [0.1, 0.15) is 48.1 Å². The minimum Gasteiger partial charge on any atom is -0.467 e. The molecule has 0 bridgehead atoms. The summed E-state index contributed by atoms with van der Waals surface area (Å²) in [6.45, 7) is 1.64. The first-order valence-corrected chi connectivity index (χ1v) is 15.3. The van der Waals surface area contributed by atoms with Crippen molar-refractivity contribution in [1.29, 1.82) is 0 Å². The molecule has 0 saturated carbocycles. The van der Waals surface area contributed by atoms with Crippen molar-refractivity contribution in [3.8, 4) is 0 Å². The molecule has 4 aromatic rings. The van der Waals surface area contributed by atoms with Crippen LogP contribution in [0, 0.1) is 0 Å². The van der Waals surface area contributed by atoms with Gasteiger partial charge in [-0.1, -0.05) is 38.0 Å². The summed E-state index contributed by atoms with van der Waals surface area (Å²) in [5.41, 5.74) is -0.645. The number of aryl methyl sites for hydroxylation is 1. The van der Waals surface area contributed by atoms with Crippen LogP contribution in [0.2, 0.25) is 0 Å². The number of aromatic nitrogens is 1. The monoisotopic (exact) mass is 592 g/mol. The van der Waals surface area contributed by atoms with E-state index in [0.29, 0.717) is 23.3 Å². The molecule has 1 N–H and O–H groups in total. The van der Waals surface area contributed by atoms with E-state index in [2.05, 4.69) is 17.2 Å². The lowest BCUT2D eigenvalue weighted by molar-refractivity contribution is -0.126. The number of hydrogen-bond donors (Lipinski definition) is 1. The molecule has 42 heavy (non-hydrogen) atoms. The number of fused-ring (bicyclic) bond motifs is 1. The van der Waals surface area contributed by atoms with Crippen LogP contribution in [-0.4, -0.2) is 60.1 Å². The van der Waals surface area contributed by atoms with Crippen molar-refractivity contribution in [2.24, 2.45) is 0 Å². The van der Waals surface area contributed by atoms with Crippen LogP contribution in [0.25, 0.3) is 10.9 Å². The Morgan fingerprint density at radius 2 is 1.86 bits per heavy atom. The zero-order chi connectivity index (χ0) is 29.7. The van der Waals surface area contributed by atoms with E-state index in [1.165, 1.54) is 29.5 Å². The molecule has 1 saturated heterocycles. The summed E-state index contributed by atoms with van der Waals surface area (Å²) in [6, 6.07) is 13.4. The molecular formula is C30H32N4O7S. The average molecular weight is 593 g/mol. The Morgan fingerprint density at radius 1 is 1.02 bits per heavy atom. The number of furan rings is 1. The van der Waals surface area contributed by atoms with Crippen LogP contribution in [0.15, 0.2) is 85.6 Å². The van der Waals surface area contributed by atoms with Crippen molar-refractivity contribution in [1.82, 2.24) is 19.5 Å². The highest BCUT2D eigenvalue weighted by atomic mass is 32.2. The zero-order valence-corrected chi connectivity index (χ0v) is 24.0. The first-order valence-electron chi connectivity index (χ1n) is 13.9. The Labute approximate surface area is 243 Å². The number of pyridine rings is 1. The molecule has 1 fully saturated rings. The molecule has 0 spiro atoms. The van der Waals surface area contributed by atoms with Crippen LogP contribution in [-0.2, 0) is 27.8 Å². The highest BCUT2D eigenvalue weighted by Gasteiger charge is 2.42. The molecule has 1 aromatic carbocycles. The molecule has 0 aliphatic carbocycles. The Kier molecular flexibility index (Phi) is 8.83. The van der Waals surface area contributed by atoms with Crippen molar-refractivity contribution in [2.45, 2.75) is 50.1 Å². The van der Waals surface area contributed by atoms with Crippen molar-refractivity contribution in [3.63, 3.8) is 0 Å². The summed E-state index contributed by atoms with van der Waals surface area (Å²) in [4.78, 5) is 45.2. The third-order valence-corrected chi connectivity index (χ3v) is 9.20. The van der Waals surface area contributed by atoms with Gasteiger partial charge in [-0.15, -0.1) is 0 Å². The van der Waals surface area contributed by atoms with Crippen LogP contribution in [0.3, 0.4) is 0 Å². The summed E-state index contributed by atoms with van der Waals surface area (Å²) >= 11 is 0. The molecule has 12 heteroatoms. The number of nitrogens with zero attached hydrogens (tertiary/aromatic N) is 3. The lowest BCUT2D eigenvalue weighted by Gasteiger charge is -2.39. The van der Waals surface area contributed by atoms with E-state index < -0.39 is 33.5 Å². The molecule has 1 aliphatic rings.